The minimum Gasteiger partial charge on any atom is -0.480 e. The minimum atomic E-state index is -1.20. The predicted octanol–water partition coefficient (Wildman–Crippen LogP) is 0.998. The highest BCUT2D eigenvalue weighted by Gasteiger charge is 2.21. The van der Waals surface area contributed by atoms with Crippen LogP contribution in [0.3, 0.4) is 0 Å². The van der Waals surface area contributed by atoms with Gasteiger partial charge >= 0.3 is 5.97 Å². The zero-order valence-corrected chi connectivity index (χ0v) is 10.00. The molecule has 0 aliphatic carbocycles. The Balaban J connectivity index is 2.16. The Labute approximate surface area is 108 Å². The van der Waals surface area contributed by atoms with E-state index < -0.39 is 17.9 Å². The smallest absolute Gasteiger partial charge is 0.326 e. The van der Waals surface area contributed by atoms with Gasteiger partial charge in [0.2, 0.25) is 0 Å². The quantitative estimate of drug-likeness (QED) is 0.747. The monoisotopic (exact) mass is 263 g/mol. The summed E-state index contributed by atoms with van der Waals surface area (Å²) in [6.45, 7) is -0.322. The molecule has 6 nitrogen and oxygen atoms in total. The standard InChI is InChI=1S/C13H13NO5/c15-6-5-9(13(17)18)14-12(16)11-7-8-3-1-2-4-10(8)19-11/h1-4,7,9,15H,5-6H2,(H,14,16)(H,17,18)/t9-/m0/s1. The molecule has 2 rings (SSSR count). The lowest BCUT2D eigenvalue weighted by atomic mass is 10.2. The van der Waals surface area contributed by atoms with Crippen molar-refractivity contribution in [2.45, 2.75) is 12.5 Å². The lowest BCUT2D eigenvalue weighted by Gasteiger charge is -2.11. The molecule has 3 N–H and O–H groups in total. The Morgan fingerprint density at radius 2 is 2.05 bits per heavy atom. The molecule has 100 valence electrons. The molecule has 0 aliphatic rings. The van der Waals surface area contributed by atoms with Gasteiger partial charge in [-0.05, 0) is 12.1 Å². The van der Waals surface area contributed by atoms with Crippen molar-refractivity contribution in [3.63, 3.8) is 0 Å². The van der Waals surface area contributed by atoms with Crippen molar-refractivity contribution >= 4 is 22.8 Å². The molecular formula is C13H13NO5. The van der Waals surface area contributed by atoms with E-state index in [0.717, 1.165) is 5.39 Å². The number of benzene rings is 1. The second-order valence-electron chi connectivity index (χ2n) is 4.03. The van der Waals surface area contributed by atoms with Crippen LogP contribution in [-0.2, 0) is 4.79 Å². The summed E-state index contributed by atoms with van der Waals surface area (Å²) in [5.74, 6) is -1.76. The summed E-state index contributed by atoms with van der Waals surface area (Å²) in [7, 11) is 0. The molecule has 0 saturated carbocycles. The molecule has 0 unspecified atom stereocenters. The third-order valence-electron chi connectivity index (χ3n) is 2.67. The van der Waals surface area contributed by atoms with Crippen LogP contribution < -0.4 is 5.32 Å². The highest BCUT2D eigenvalue weighted by Crippen LogP contribution is 2.18. The van der Waals surface area contributed by atoms with Crippen molar-refractivity contribution in [3.05, 3.63) is 36.1 Å². The topological polar surface area (TPSA) is 99.8 Å². The molecule has 1 aromatic heterocycles. The molecule has 1 amide bonds. The number of aliphatic carboxylic acids is 1. The van der Waals surface area contributed by atoms with Crippen LogP contribution in [0.25, 0.3) is 11.0 Å². The van der Waals surface area contributed by atoms with E-state index in [2.05, 4.69) is 5.32 Å². The summed E-state index contributed by atoms with van der Waals surface area (Å²) in [5, 5.41) is 20.7. The highest BCUT2D eigenvalue weighted by molar-refractivity contribution is 5.97. The van der Waals surface area contributed by atoms with Gasteiger partial charge in [-0.25, -0.2) is 4.79 Å². The number of rotatable bonds is 5. The average Bonchev–Trinajstić information content (AvgIpc) is 2.81. The van der Waals surface area contributed by atoms with Crippen molar-refractivity contribution in [2.24, 2.45) is 0 Å². The maximum absolute atomic E-state index is 11.9. The van der Waals surface area contributed by atoms with Gasteiger partial charge in [-0.2, -0.15) is 0 Å². The summed E-state index contributed by atoms with van der Waals surface area (Å²) in [6, 6.07) is 7.51. The molecule has 0 saturated heterocycles. The first-order chi connectivity index (χ1) is 9.11. The molecule has 0 spiro atoms. The fourth-order valence-electron chi connectivity index (χ4n) is 1.71. The van der Waals surface area contributed by atoms with Crippen LogP contribution in [0.1, 0.15) is 17.0 Å². The predicted molar refractivity (Wildman–Crippen MR) is 66.8 cm³/mol. The normalized spacial score (nSPS) is 12.3. The van der Waals surface area contributed by atoms with Gasteiger partial charge in [0.1, 0.15) is 11.6 Å². The Bertz CT molecular complexity index is 571. The third kappa shape index (κ3) is 2.92. The number of carbonyl (C=O) groups excluding carboxylic acids is 1. The number of hydrogen-bond acceptors (Lipinski definition) is 4. The summed E-state index contributed by atoms with van der Waals surface area (Å²) in [5.41, 5.74) is 0.557. The zero-order valence-electron chi connectivity index (χ0n) is 10.00. The van der Waals surface area contributed by atoms with Gasteiger partial charge in [-0.1, -0.05) is 18.2 Å². The van der Waals surface area contributed by atoms with E-state index >= 15 is 0 Å². The Morgan fingerprint density at radius 3 is 2.68 bits per heavy atom. The van der Waals surface area contributed by atoms with Crippen molar-refractivity contribution < 1.29 is 24.2 Å². The fourth-order valence-corrected chi connectivity index (χ4v) is 1.71. The van der Waals surface area contributed by atoms with Crippen molar-refractivity contribution in [2.75, 3.05) is 6.61 Å². The van der Waals surface area contributed by atoms with E-state index in [-0.39, 0.29) is 18.8 Å². The van der Waals surface area contributed by atoms with E-state index in [9.17, 15) is 9.59 Å². The van der Waals surface area contributed by atoms with E-state index in [4.69, 9.17) is 14.6 Å². The third-order valence-corrected chi connectivity index (χ3v) is 2.67. The molecule has 0 radical (unpaired) electrons. The average molecular weight is 263 g/mol. The van der Waals surface area contributed by atoms with Crippen molar-refractivity contribution in [1.82, 2.24) is 5.32 Å². The van der Waals surface area contributed by atoms with Gasteiger partial charge in [-0.15, -0.1) is 0 Å². The van der Waals surface area contributed by atoms with Gasteiger partial charge in [-0.3, -0.25) is 4.79 Å². The second kappa shape index (κ2) is 5.53. The summed E-state index contributed by atoms with van der Waals surface area (Å²) < 4.78 is 5.32. The van der Waals surface area contributed by atoms with Gasteiger partial charge in [0.15, 0.2) is 5.76 Å². The minimum absolute atomic E-state index is 0.0467. The molecule has 6 heteroatoms. The van der Waals surface area contributed by atoms with Crippen LogP contribution in [0, 0.1) is 0 Å². The largest absolute Gasteiger partial charge is 0.480 e. The molecule has 2 aromatic rings. The molecule has 0 bridgehead atoms. The van der Waals surface area contributed by atoms with Crippen LogP contribution in [-0.4, -0.2) is 34.7 Å². The first-order valence-electron chi connectivity index (χ1n) is 5.75. The van der Waals surface area contributed by atoms with Crippen LogP contribution in [0.5, 0.6) is 0 Å². The lowest BCUT2D eigenvalue weighted by molar-refractivity contribution is -0.139. The first kappa shape index (κ1) is 13.1. The van der Waals surface area contributed by atoms with Gasteiger partial charge in [0, 0.05) is 18.4 Å². The van der Waals surface area contributed by atoms with Crippen molar-refractivity contribution in [3.8, 4) is 0 Å². The van der Waals surface area contributed by atoms with Crippen molar-refractivity contribution in [1.29, 1.82) is 0 Å². The molecule has 1 atom stereocenters. The number of amides is 1. The number of carboxylic acids is 1. The SMILES string of the molecule is O=C(N[C@@H](CCO)C(=O)O)c1cc2ccccc2o1. The van der Waals surface area contributed by atoms with Gasteiger partial charge in [0.05, 0.1) is 0 Å². The van der Waals surface area contributed by atoms with Crippen LogP contribution in [0.4, 0.5) is 0 Å². The first-order valence-corrected chi connectivity index (χ1v) is 5.75. The Kier molecular flexibility index (Phi) is 3.82. The van der Waals surface area contributed by atoms with Gasteiger partial charge in [0.25, 0.3) is 5.91 Å². The zero-order chi connectivity index (χ0) is 13.8. The van der Waals surface area contributed by atoms with E-state index in [0.29, 0.717) is 5.58 Å². The maximum atomic E-state index is 11.9. The van der Waals surface area contributed by atoms with Crippen LogP contribution in [0.2, 0.25) is 0 Å². The molecule has 0 fully saturated rings. The number of aliphatic hydroxyl groups is 1. The second-order valence-corrected chi connectivity index (χ2v) is 4.03. The molecular weight excluding hydrogens is 250 g/mol. The van der Waals surface area contributed by atoms with Crippen LogP contribution >= 0.6 is 0 Å². The Morgan fingerprint density at radius 1 is 1.32 bits per heavy atom. The maximum Gasteiger partial charge on any atom is 0.326 e. The summed E-state index contributed by atoms with van der Waals surface area (Å²) in [6.07, 6.45) is -0.0543. The van der Waals surface area contributed by atoms with Crippen LogP contribution in [0.15, 0.2) is 34.7 Å². The summed E-state index contributed by atoms with van der Waals surface area (Å²) in [4.78, 5) is 22.7. The van der Waals surface area contributed by atoms with E-state index in [1.165, 1.54) is 0 Å². The molecule has 1 heterocycles. The number of carbonyl (C=O) groups is 2. The lowest BCUT2D eigenvalue weighted by Crippen LogP contribution is -2.41. The number of aliphatic hydroxyl groups excluding tert-OH is 1. The number of para-hydroxylation sites is 1. The summed E-state index contributed by atoms with van der Waals surface area (Å²) >= 11 is 0. The van der Waals surface area contributed by atoms with E-state index in [1.54, 1.807) is 24.3 Å². The molecule has 1 aromatic carbocycles. The van der Waals surface area contributed by atoms with Gasteiger partial charge < -0.3 is 19.9 Å². The number of nitrogens with one attached hydrogen (secondary N) is 1. The van der Waals surface area contributed by atoms with E-state index in [1.807, 2.05) is 6.07 Å². The fraction of sp³-hybridized carbons (Fsp3) is 0.231. The Hall–Kier alpha value is -2.34. The number of furan rings is 1. The number of fused-ring (bicyclic) bond motifs is 1. The molecule has 19 heavy (non-hydrogen) atoms. The highest BCUT2D eigenvalue weighted by atomic mass is 16.4. The number of hydrogen-bond donors (Lipinski definition) is 3. The number of carboxylic acid groups (broad SMARTS) is 1. The molecule has 0 aliphatic heterocycles.